The van der Waals surface area contributed by atoms with Gasteiger partial charge >= 0.3 is 0 Å². The summed E-state index contributed by atoms with van der Waals surface area (Å²) in [5.74, 6) is 0.173. The topological polar surface area (TPSA) is 57.6 Å². The number of nitrogens with zero attached hydrogens (tertiary/aromatic N) is 1. The van der Waals surface area contributed by atoms with Gasteiger partial charge in [0.15, 0.2) is 9.84 Å². The predicted octanol–water partition coefficient (Wildman–Crippen LogP) is 1.70. The van der Waals surface area contributed by atoms with Gasteiger partial charge in [-0.15, -0.1) is 0 Å². The van der Waals surface area contributed by atoms with Gasteiger partial charge in [-0.25, -0.2) is 8.42 Å². The molecule has 4 nitrogen and oxygen atoms in total. The van der Waals surface area contributed by atoms with Crippen LogP contribution in [-0.4, -0.2) is 49.9 Å². The smallest absolute Gasteiger partial charge is 0.179 e. The van der Waals surface area contributed by atoms with E-state index in [4.69, 9.17) is 5.11 Å². The van der Waals surface area contributed by atoms with Crippen molar-refractivity contribution in [2.45, 2.75) is 36.6 Å². The number of hydrogen-bond acceptors (Lipinski definition) is 4. The molecule has 0 spiro atoms. The van der Waals surface area contributed by atoms with Crippen molar-refractivity contribution in [2.24, 2.45) is 0 Å². The van der Waals surface area contributed by atoms with Crippen LogP contribution < -0.4 is 0 Å². The van der Waals surface area contributed by atoms with Gasteiger partial charge in [0.2, 0.25) is 0 Å². The summed E-state index contributed by atoms with van der Waals surface area (Å²) < 4.78 is 24.5. The van der Waals surface area contributed by atoms with E-state index >= 15 is 0 Å². The fraction of sp³-hybridized carbons (Fsp3) is 0.600. The molecular formula is C15H23NO3S. The molecule has 1 unspecified atom stereocenters. The Morgan fingerprint density at radius 2 is 2.00 bits per heavy atom. The summed E-state index contributed by atoms with van der Waals surface area (Å²) in [4.78, 5) is 2.67. The normalized spacial score (nSPS) is 20.4. The Morgan fingerprint density at radius 3 is 2.70 bits per heavy atom. The highest BCUT2D eigenvalue weighted by molar-refractivity contribution is 7.91. The van der Waals surface area contributed by atoms with Crippen molar-refractivity contribution < 1.29 is 13.5 Å². The van der Waals surface area contributed by atoms with Crippen molar-refractivity contribution in [3.05, 3.63) is 30.3 Å². The Bertz CT molecular complexity index is 501. The van der Waals surface area contributed by atoms with Gasteiger partial charge in [-0.3, -0.25) is 4.90 Å². The minimum atomic E-state index is -3.18. The van der Waals surface area contributed by atoms with Crippen LogP contribution in [0.2, 0.25) is 0 Å². The molecule has 1 fully saturated rings. The molecule has 1 heterocycles. The van der Waals surface area contributed by atoms with Crippen LogP contribution in [0.5, 0.6) is 0 Å². The van der Waals surface area contributed by atoms with E-state index in [1.807, 2.05) is 6.07 Å². The van der Waals surface area contributed by atoms with Crippen molar-refractivity contribution in [3.8, 4) is 0 Å². The summed E-state index contributed by atoms with van der Waals surface area (Å²) in [6, 6.07) is 9.09. The first kappa shape index (κ1) is 15.5. The van der Waals surface area contributed by atoms with Gasteiger partial charge < -0.3 is 5.11 Å². The molecule has 1 atom stereocenters. The van der Waals surface area contributed by atoms with Gasteiger partial charge in [0, 0.05) is 19.2 Å². The third-order valence-corrected chi connectivity index (χ3v) is 5.65. The molecule has 5 heteroatoms. The van der Waals surface area contributed by atoms with Crippen LogP contribution in [-0.2, 0) is 9.84 Å². The lowest BCUT2D eigenvalue weighted by atomic mass is 10.1. The van der Waals surface area contributed by atoms with E-state index in [2.05, 4.69) is 4.90 Å². The van der Waals surface area contributed by atoms with Crippen LogP contribution in [0.1, 0.15) is 25.7 Å². The van der Waals surface area contributed by atoms with Crippen molar-refractivity contribution in [1.82, 2.24) is 4.90 Å². The van der Waals surface area contributed by atoms with Crippen LogP contribution in [0.3, 0.4) is 0 Å². The third kappa shape index (κ3) is 4.04. The van der Waals surface area contributed by atoms with Crippen molar-refractivity contribution in [2.75, 3.05) is 25.4 Å². The third-order valence-electron chi connectivity index (χ3n) is 3.94. The zero-order chi connectivity index (χ0) is 14.4. The van der Waals surface area contributed by atoms with Crippen LogP contribution >= 0.6 is 0 Å². The standard InChI is InChI=1S/C15H23NO3S/c17-12-5-7-14-6-4-10-16(14)11-13-20(18,19)15-8-2-1-3-9-15/h1-3,8-9,14,17H,4-7,10-13H2. The second-order valence-corrected chi connectivity index (χ2v) is 7.44. The fourth-order valence-electron chi connectivity index (χ4n) is 2.83. The largest absolute Gasteiger partial charge is 0.396 e. The Labute approximate surface area is 121 Å². The van der Waals surface area contributed by atoms with Crippen LogP contribution in [0, 0.1) is 0 Å². The molecule has 1 aliphatic rings. The lowest BCUT2D eigenvalue weighted by molar-refractivity contribution is 0.224. The van der Waals surface area contributed by atoms with Crippen molar-refractivity contribution in [3.63, 3.8) is 0 Å². The second-order valence-electron chi connectivity index (χ2n) is 5.33. The number of likely N-dealkylation sites (tertiary alicyclic amines) is 1. The maximum absolute atomic E-state index is 12.2. The number of sulfone groups is 1. The first-order valence-electron chi connectivity index (χ1n) is 7.26. The molecule has 2 rings (SSSR count). The van der Waals surface area contributed by atoms with Crippen LogP contribution in [0.4, 0.5) is 0 Å². The summed E-state index contributed by atoms with van der Waals surface area (Å²) in [5.41, 5.74) is 0. The molecule has 0 radical (unpaired) electrons. The monoisotopic (exact) mass is 297 g/mol. The Balaban J connectivity index is 1.91. The molecule has 1 aromatic rings. The molecule has 112 valence electrons. The summed E-state index contributed by atoms with van der Waals surface area (Å²) >= 11 is 0. The van der Waals surface area contributed by atoms with Gasteiger partial charge in [0.25, 0.3) is 0 Å². The Morgan fingerprint density at radius 1 is 1.25 bits per heavy atom. The maximum Gasteiger partial charge on any atom is 0.179 e. The van der Waals surface area contributed by atoms with Gasteiger partial charge in [0.1, 0.15) is 0 Å². The molecule has 0 saturated carbocycles. The minimum Gasteiger partial charge on any atom is -0.396 e. The summed E-state index contributed by atoms with van der Waals surface area (Å²) in [7, 11) is -3.18. The van der Waals surface area contributed by atoms with Crippen molar-refractivity contribution >= 4 is 9.84 Å². The van der Waals surface area contributed by atoms with E-state index in [9.17, 15) is 8.42 Å². The summed E-state index contributed by atoms with van der Waals surface area (Å²) in [5, 5.41) is 8.91. The molecule has 0 bridgehead atoms. The Hall–Kier alpha value is -0.910. The summed E-state index contributed by atoms with van der Waals surface area (Å²) in [6.07, 6.45) is 4.00. The highest BCUT2D eigenvalue weighted by Gasteiger charge is 2.25. The SMILES string of the molecule is O=S(=O)(CCN1CCCC1CCCO)c1ccccc1. The molecular weight excluding hydrogens is 274 g/mol. The van der Waals surface area contributed by atoms with E-state index in [0.29, 0.717) is 17.5 Å². The quantitative estimate of drug-likeness (QED) is 0.832. The van der Waals surface area contributed by atoms with E-state index in [1.54, 1.807) is 24.3 Å². The molecule has 20 heavy (non-hydrogen) atoms. The lowest BCUT2D eigenvalue weighted by Gasteiger charge is -2.24. The van der Waals surface area contributed by atoms with E-state index in [0.717, 1.165) is 32.2 Å². The predicted molar refractivity (Wildman–Crippen MR) is 79.4 cm³/mol. The number of hydrogen-bond donors (Lipinski definition) is 1. The van der Waals surface area contributed by atoms with Crippen molar-refractivity contribution in [1.29, 1.82) is 0 Å². The highest BCUT2D eigenvalue weighted by atomic mass is 32.2. The zero-order valence-corrected chi connectivity index (χ0v) is 12.6. The van der Waals surface area contributed by atoms with E-state index in [1.165, 1.54) is 0 Å². The van der Waals surface area contributed by atoms with Gasteiger partial charge in [-0.1, -0.05) is 18.2 Å². The number of rotatable bonds is 7. The molecule has 1 aromatic carbocycles. The number of benzene rings is 1. The first-order valence-corrected chi connectivity index (χ1v) is 8.91. The lowest BCUT2D eigenvalue weighted by Crippen LogP contribution is -2.34. The second kappa shape index (κ2) is 7.20. The maximum atomic E-state index is 12.2. The average Bonchev–Trinajstić information content (AvgIpc) is 2.91. The van der Waals surface area contributed by atoms with Gasteiger partial charge in [0.05, 0.1) is 10.6 Å². The first-order chi connectivity index (χ1) is 9.63. The molecule has 0 aliphatic carbocycles. The minimum absolute atomic E-state index is 0.173. The van der Waals surface area contributed by atoms with Gasteiger partial charge in [-0.2, -0.15) is 0 Å². The summed E-state index contributed by atoms with van der Waals surface area (Å²) in [6.45, 7) is 1.78. The molecule has 1 aliphatic heterocycles. The number of aliphatic hydroxyl groups is 1. The average molecular weight is 297 g/mol. The van der Waals surface area contributed by atoms with Crippen LogP contribution in [0.15, 0.2) is 35.2 Å². The fourth-order valence-corrected chi connectivity index (χ4v) is 4.11. The van der Waals surface area contributed by atoms with E-state index < -0.39 is 9.84 Å². The zero-order valence-electron chi connectivity index (χ0n) is 11.7. The molecule has 1 saturated heterocycles. The molecule has 0 amide bonds. The Kier molecular flexibility index (Phi) is 5.57. The molecule has 0 aromatic heterocycles. The van der Waals surface area contributed by atoms with Crippen LogP contribution in [0.25, 0.3) is 0 Å². The molecule has 1 N–H and O–H groups in total. The van der Waals surface area contributed by atoms with Gasteiger partial charge in [-0.05, 0) is 44.4 Å². The number of aliphatic hydroxyl groups excluding tert-OH is 1. The highest BCUT2D eigenvalue weighted by Crippen LogP contribution is 2.21. The van der Waals surface area contributed by atoms with E-state index in [-0.39, 0.29) is 12.4 Å².